The van der Waals surface area contributed by atoms with Crippen LogP contribution in [0.1, 0.15) is 49.5 Å². The number of amides is 2. The van der Waals surface area contributed by atoms with Crippen LogP contribution < -0.4 is 10.6 Å². The van der Waals surface area contributed by atoms with Crippen molar-refractivity contribution in [2.45, 2.75) is 45.2 Å². The van der Waals surface area contributed by atoms with Crippen molar-refractivity contribution in [3.05, 3.63) is 24.0 Å². The number of carbonyl (C=O) groups is 2. The normalized spacial score (nSPS) is 18.7. The van der Waals surface area contributed by atoms with Crippen LogP contribution in [0.5, 0.6) is 0 Å². The van der Waals surface area contributed by atoms with Crippen molar-refractivity contribution in [2.24, 2.45) is 0 Å². The van der Waals surface area contributed by atoms with E-state index in [0.717, 1.165) is 23.9 Å². The highest BCUT2D eigenvalue weighted by Gasteiger charge is 2.23. The van der Waals surface area contributed by atoms with E-state index in [0.29, 0.717) is 18.5 Å². The second kappa shape index (κ2) is 6.36. The molecule has 1 atom stereocenters. The van der Waals surface area contributed by atoms with Crippen LogP contribution in [-0.4, -0.2) is 39.2 Å². The fourth-order valence-electron chi connectivity index (χ4n) is 2.76. The molecule has 1 unspecified atom stereocenters. The van der Waals surface area contributed by atoms with E-state index in [2.05, 4.69) is 20.7 Å². The number of rotatable bonds is 3. The van der Waals surface area contributed by atoms with E-state index in [1.54, 1.807) is 12.3 Å². The molecule has 2 aromatic rings. The molecule has 3 heterocycles. The summed E-state index contributed by atoms with van der Waals surface area (Å²) in [6.45, 7) is 4.73. The van der Waals surface area contributed by atoms with Crippen molar-refractivity contribution in [1.82, 2.24) is 25.4 Å². The number of hydrogen-bond acceptors (Lipinski definition) is 4. The minimum Gasteiger partial charge on any atom is -0.354 e. The van der Waals surface area contributed by atoms with Gasteiger partial charge in [0.2, 0.25) is 5.91 Å². The molecule has 0 spiro atoms. The monoisotopic (exact) mass is 315 g/mol. The third-order valence-corrected chi connectivity index (χ3v) is 4.03. The summed E-state index contributed by atoms with van der Waals surface area (Å²) in [7, 11) is 0. The van der Waals surface area contributed by atoms with Gasteiger partial charge in [0.1, 0.15) is 6.04 Å². The molecule has 1 aliphatic heterocycles. The van der Waals surface area contributed by atoms with Crippen LogP contribution >= 0.6 is 0 Å². The molecule has 23 heavy (non-hydrogen) atoms. The smallest absolute Gasteiger partial charge is 0.253 e. The van der Waals surface area contributed by atoms with Gasteiger partial charge in [-0.15, -0.1) is 0 Å². The minimum atomic E-state index is -0.473. The lowest BCUT2D eigenvalue weighted by Gasteiger charge is -2.15. The molecule has 1 aliphatic rings. The summed E-state index contributed by atoms with van der Waals surface area (Å²) in [5, 5.41) is 10.7. The number of pyridine rings is 1. The Hall–Kier alpha value is -2.44. The van der Waals surface area contributed by atoms with Crippen LogP contribution in [0.3, 0.4) is 0 Å². The molecule has 0 radical (unpaired) electrons. The van der Waals surface area contributed by atoms with Crippen molar-refractivity contribution in [1.29, 1.82) is 0 Å². The molecule has 3 rings (SSSR count). The second-order valence-corrected chi connectivity index (χ2v) is 6.13. The molecular formula is C16H21N5O2. The average Bonchev–Trinajstić information content (AvgIpc) is 2.86. The van der Waals surface area contributed by atoms with Crippen LogP contribution in [0.25, 0.3) is 11.0 Å². The molecule has 0 bridgehead atoms. The van der Waals surface area contributed by atoms with E-state index in [9.17, 15) is 9.59 Å². The zero-order valence-electron chi connectivity index (χ0n) is 13.4. The van der Waals surface area contributed by atoms with Crippen LogP contribution in [-0.2, 0) is 4.79 Å². The Morgan fingerprint density at radius 2 is 2.22 bits per heavy atom. The van der Waals surface area contributed by atoms with Crippen LogP contribution in [0.2, 0.25) is 0 Å². The predicted octanol–water partition coefficient (Wildman–Crippen LogP) is 1.41. The van der Waals surface area contributed by atoms with Gasteiger partial charge in [-0.2, -0.15) is 5.10 Å². The van der Waals surface area contributed by atoms with Gasteiger partial charge >= 0.3 is 0 Å². The SMILES string of the molecule is CC(C)n1ncc2cc(C(=O)NC3CCCCNC3=O)cnc21. The topological polar surface area (TPSA) is 88.9 Å². The van der Waals surface area contributed by atoms with Gasteiger partial charge in [-0.3, -0.25) is 9.59 Å². The number of nitrogens with zero attached hydrogens (tertiary/aromatic N) is 3. The summed E-state index contributed by atoms with van der Waals surface area (Å²) in [6.07, 6.45) is 5.77. The Balaban J connectivity index is 1.79. The Bertz CT molecular complexity index is 737. The van der Waals surface area contributed by atoms with Crippen molar-refractivity contribution in [3.63, 3.8) is 0 Å². The second-order valence-electron chi connectivity index (χ2n) is 6.13. The number of hydrogen-bond donors (Lipinski definition) is 2. The van der Waals surface area contributed by atoms with Gasteiger partial charge in [-0.1, -0.05) is 0 Å². The van der Waals surface area contributed by atoms with E-state index in [1.807, 2.05) is 18.5 Å². The molecule has 0 aliphatic carbocycles. The highest BCUT2D eigenvalue weighted by Crippen LogP contribution is 2.17. The van der Waals surface area contributed by atoms with Crippen LogP contribution in [0.4, 0.5) is 0 Å². The van der Waals surface area contributed by atoms with E-state index >= 15 is 0 Å². The van der Waals surface area contributed by atoms with E-state index in [-0.39, 0.29) is 17.9 Å². The van der Waals surface area contributed by atoms with Crippen molar-refractivity contribution < 1.29 is 9.59 Å². The van der Waals surface area contributed by atoms with E-state index in [4.69, 9.17) is 0 Å². The lowest BCUT2D eigenvalue weighted by molar-refractivity contribution is -0.122. The maximum absolute atomic E-state index is 12.4. The first-order chi connectivity index (χ1) is 11.1. The third-order valence-electron chi connectivity index (χ3n) is 4.03. The number of nitrogens with one attached hydrogen (secondary N) is 2. The fraction of sp³-hybridized carbons (Fsp3) is 0.500. The highest BCUT2D eigenvalue weighted by molar-refractivity contribution is 5.99. The maximum atomic E-state index is 12.4. The average molecular weight is 315 g/mol. The summed E-state index contributed by atoms with van der Waals surface area (Å²) in [4.78, 5) is 28.7. The van der Waals surface area contributed by atoms with Gasteiger partial charge in [0.05, 0.1) is 11.8 Å². The van der Waals surface area contributed by atoms with Gasteiger partial charge in [0.15, 0.2) is 5.65 Å². The Kier molecular flexibility index (Phi) is 4.27. The molecule has 2 N–H and O–H groups in total. The lowest BCUT2D eigenvalue weighted by atomic mass is 10.1. The summed E-state index contributed by atoms with van der Waals surface area (Å²) in [5.41, 5.74) is 1.20. The van der Waals surface area contributed by atoms with Gasteiger partial charge in [-0.05, 0) is 39.2 Å². The van der Waals surface area contributed by atoms with E-state index in [1.165, 1.54) is 6.20 Å². The standard InChI is InChI=1S/C16H21N5O2/c1-10(2)21-14-11(9-19-21)7-12(8-18-14)15(22)20-13-5-3-4-6-17-16(13)23/h7-10,13H,3-6H2,1-2H3,(H,17,23)(H,20,22). The molecule has 7 nitrogen and oxygen atoms in total. The number of aromatic nitrogens is 3. The Morgan fingerprint density at radius 1 is 1.39 bits per heavy atom. The summed E-state index contributed by atoms with van der Waals surface area (Å²) in [6, 6.07) is 1.49. The lowest BCUT2D eigenvalue weighted by Crippen LogP contribution is -2.45. The van der Waals surface area contributed by atoms with Gasteiger partial charge in [-0.25, -0.2) is 9.67 Å². The van der Waals surface area contributed by atoms with Crippen LogP contribution in [0, 0.1) is 0 Å². The molecule has 1 saturated heterocycles. The van der Waals surface area contributed by atoms with Gasteiger partial charge in [0, 0.05) is 24.2 Å². The maximum Gasteiger partial charge on any atom is 0.253 e. The number of carbonyl (C=O) groups excluding carboxylic acids is 2. The molecule has 1 fully saturated rings. The zero-order chi connectivity index (χ0) is 16.4. The summed E-state index contributed by atoms with van der Waals surface area (Å²) < 4.78 is 1.82. The van der Waals surface area contributed by atoms with Crippen molar-refractivity contribution >= 4 is 22.8 Å². The highest BCUT2D eigenvalue weighted by atomic mass is 16.2. The largest absolute Gasteiger partial charge is 0.354 e. The molecule has 2 amide bonds. The van der Waals surface area contributed by atoms with E-state index < -0.39 is 6.04 Å². The Morgan fingerprint density at radius 3 is 3.00 bits per heavy atom. The zero-order valence-corrected chi connectivity index (χ0v) is 13.4. The molecule has 2 aromatic heterocycles. The van der Waals surface area contributed by atoms with Crippen molar-refractivity contribution in [3.8, 4) is 0 Å². The predicted molar refractivity (Wildman–Crippen MR) is 86.0 cm³/mol. The van der Waals surface area contributed by atoms with Gasteiger partial charge in [0.25, 0.3) is 5.91 Å². The fourth-order valence-corrected chi connectivity index (χ4v) is 2.76. The quantitative estimate of drug-likeness (QED) is 0.896. The molecule has 122 valence electrons. The summed E-state index contributed by atoms with van der Waals surface area (Å²) in [5.74, 6) is -0.392. The first-order valence-electron chi connectivity index (χ1n) is 7.98. The first kappa shape index (κ1) is 15.5. The van der Waals surface area contributed by atoms with Gasteiger partial charge < -0.3 is 10.6 Å². The van der Waals surface area contributed by atoms with Crippen LogP contribution in [0.15, 0.2) is 18.5 Å². The number of fused-ring (bicyclic) bond motifs is 1. The van der Waals surface area contributed by atoms with Crippen molar-refractivity contribution in [2.75, 3.05) is 6.54 Å². The molecule has 0 aromatic carbocycles. The first-order valence-corrected chi connectivity index (χ1v) is 7.98. The Labute approximate surface area is 134 Å². The third kappa shape index (κ3) is 3.18. The minimum absolute atomic E-state index is 0.113. The molecule has 7 heteroatoms. The molecular weight excluding hydrogens is 294 g/mol. The summed E-state index contributed by atoms with van der Waals surface area (Å²) >= 11 is 0. The molecule has 0 saturated carbocycles.